The number of aromatic nitrogens is 2. The van der Waals surface area contributed by atoms with Crippen molar-refractivity contribution in [2.75, 3.05) is 23.9 Å². The van der Waals surface area contributed by atoms with Crippen LogP contribution in [0.2, 0.25) is 0 Å². The van der Waals surface area contributed by atoms with E-state index in [1.165, 1.54) is 7.11 Å². The molecule has 2 unspecified atom stereocenters. The van der Waals surface area contributed by atoms with Crippen LogP contribution in [0, 0.1) is 6.92 Å². The van der Waals surface area contributed by atoms with Gasteiger partial charge in [-0.25, -0.2) is 0 Å². The molecule has 5 rings (SSSR count). The second-order valence-corrected chi connectivity index (χ2v) is 9.00. The number of rotatable bonds is 8. The van der Waals surface area contributed by atoms with Crippen molar-refractivity contribution >= 4 is 34.6 Å². The van der Waals surface area contributed by atoms with Crippen LogP contribution in [0.15, 0.2) is 83.7 Å². The van der Waals surface area contributed by atoms with Crippen molar-refractivity contribution in [1.82, 2.24) is 14.9 Å². The van der Waals surface area contributed by atoms with Gasteiger partial charge in [-0.05, 0) is 79.3 Å². The molecule has 184 valence electrons. The molecule has 0 saturated carbocycles. The first-order valence-electron chi connectivity index (χ1n) is 11.6. The molecule has 36 heavy (non-hydrogen) atoms. The van der Waals surface area contributed by atoms with Crippen molar-refractivity contribution in [2.45, 2.75) is 25.6 Å². The number of pyridine rings is 1. The van der Waals surface area contributed by atoms with Gasteiger partial charge in [-0.1, -0.05) is 6.07 Å². The Hall–Kier alpha value is -3.95. The van der Waals surface area contributed by atoms with E-state index in [2.05, 4.69) is 31.2 Å². The van der Waals surface area contributed by atoms with Gasteiger partial charge in [0.15, 0.2) is 5.11 Å². The van der Waals surface area contributed by atoms with Gasteiger partial charge in [0.1, 0.15) is 18.4 Å². The van der Waals surface area contributed by atoms with Gasteiger partial charge >= 0.3 is 0 Å². The zero-order valence-corrected chi connectivity index (χ0v) is 20.9. The third-order valence-electron chi connectivity index (χ3n) is 6.21. The Morgan fingerprint density at radius 1 is 1.19 bits per heavy atom. The maximum Gasteiger partial charge on any atom is 0.250 e. The minimum absolute atomic E-state index is 0.00180. The summed E-state index contributed by atoms with van der Waals surface area (Å²) in [5, 5.41) is 7.00. The van der Waals surface area contributed by atoms with Crippen molar-refractivity contribution in [3.8, 4) is 0 Å². The second kappa shape index (κ2) is 10.3. The molecule has 0 spiro atoms. The van der Waals surface area contributed by atoms with Gasteiger partial charge in [-0.15, -0.1) is 0 Å². The molecule has 9 heteroatoms. The lowest BCUT2D eigenvalue weighted by Gasteiger charge is -2.29. The lowest BCUT2D eigenvalue weighted by atomic mass is 10.0. The number of carbonyl (C=O) groups excluding carboxylic acids is 1. The number of hydrogen-bond acceptors (Lipinski definition) is 5. The molecule has 4 heterocycles. The number of carbonyl (C=O) groups is 1. The smallest absolute Gasteiger partial charge is 0.250 e. The summed E-state index contributed by atoms with van der Waals surface area (Å²) >= 11 is 5.86. The van der Waals surface area contributed by atoms with Crippen LogP contribution in [0.25, 0.3) is 0 Å². The van der Waals surface area contributed by atoms with E-state index < -0.39 is 0 Å². The highest BCUT2D eigenvalue weighted by Crippen LogP contribution is 2.42. The molecule has 1 aliphatic heterocycles. The molecule has 2 atom stereocenters. The predicted molar refractivity (Wildman–Crippen MR) is 142 cm³/mol. The van der Waals surface area contributed by atoms with Crippen LogP contribution in [0.1, 0.15) is 34.8 Å². The highest BCUT2D eigenvalue weighted by atomic mass is 32.1. The number of ether oxygens (including phenoxy) is 1. The molecule has 2 N–H and O–H groups in total. The third kappa shape index (κ3) is 4.75. The van der Waals surface area contributed by atoms with Crippen molar-refractivity contribution in [2.24, 2.45) is 0 Å². The van der Waals surface area contributed by atoms with Crippen LogP contribution in [-0.2, 0) is 16.1 Å². The van der Waals surface area contributed by atoms with E-state index >= 15 is 0 Å². The summed E-state index contributed by atoms with van der Waals surface area (Å²) in [6, 6.07) is 19.5. The normalized spacial score (nSPS) is 17.3. The fraction of sp³-hybridized carbons (Fsp3) is 0.222. The summed E-state index contributed by atoms with van der Waals surface area (Å²) in [4.78, 5) is 18.8. The van der Waals surface area contributed by atoms with Gasteiger partial charge in [-0.3, -0.25) is 9.78 Å². The number of furan rings is 1. The number of methoxy groups -OCH3 is 1. The molecule has 0 aliphatic carbocycles. The van der Waals surface area contributed by atoms with E-state index in [-0.39, 0.29) is 24.6 Å². The van der Waals surface area contributed by atoms with Crippen LogP contribution in [0.5, 0.6) is 0 Å². The Morgan fingerprint density at radius 3 is 2.81 bits per heavy atom. The van der Waals surface area contributed by atoms with Crippen LogP contribution in [0.3, 0.4) is 0 Å². The average Bonchev–Trinajstić information content (AvgIpc) is 3.62. The minimum atomic E-state index is -0.199. The van der Waals surface area contributed by atoms with Crippen molar-refractivity contribution in [3.63, 3.8) is 0 Å². The Kier molecular flexibility index (Phi) is 6.84. The van der Waals surface area contributed by atoms with E-state index in [0.717, 1.165) is 34.1 Å². The molecule has 1 amide bonds. The molecular weight excluding hydrogens is 474 g/mol. The second-order valence-electron chi connectivity index (χ2n) is 8.62. The highest BCUT2D eigenvalue weighted by Gasteiger charge is 2.42. The monoisotopic (exact) mass is 501 g/mol. The highest BCUT2D eigenvalue weighted by molar-refractivity contribution is 7.80. The van der Waals surface area contributed by atoms with Gasteiger partial charge in [0.05, 0.1) is 24.5 Å². The quantitative estimate of drug-likeness (QED) is 0.342. The molecule has 0 bridgehead atoms. The SMILES string of the molecule is COCC(=O)Nc1ccc(N2C(=S)NC(c3ccccn3)C2c2cccn2Cc2ccco2)cc1C. The lowest BCUT2D eigenvalue weighted by molar-refractivity contribution is -0.119. The molecule has 3 aromatic heterocycles. The fourth-order valence-electron chi connectivity index (χ4n) is 4.60. The van der Waals surface area contributed by atoms with Gasteiger partial charge in [-0.2, -0.15) is 0 Å². The number of amides is 1. The minimum Gasteiger partial charge on any atom is -0.467 e. The molecule has 4 aromatic rings. The van der Waals surface area contributed by atoms with E-state index in [0.29, 0.717) is 11.7 Å². The zero-order chi connectivity index (χ0) is 25.1. The average molecular weight is 502 g/mol. The summed E-state index contributed by atoms with van der Waals surface area (Å²) in [5.41, 5.74) is 4.55. The number of nitrogens with zero attached hydrogens (tertiary/aromatic N) is 3. The largest absolute Gasteiger partial charge is 0.467 e. The van der Waals surface area contributed by atoms with Gasteiger partial charge in [0.2, 0.25) is 5.91 Å². The number of thiocarbonyl (C=S) groups is 1. The van der Waals surface area contributed by atoms with Crippen LogP contribution >= 0.6 is 12.2 Å². The number of nitrogens with one attached hydrogen (secondary N) is 2. The van der Waals surface area contributed by atoms with Gasteiger partial charge < -0.3 is 29.3 Å². The van der Waals surface area contributed by atoms with Crippen LogP contribution < -0.4 is 15.5 Å². The maximum atomic E-state index is 12.0. The third-order valence-corrected chi connectivity index (χ3v) is 6.52. The fourth-order valence-corrected chi connectivity index (χ4v) is 4.94. The number of aryl methyl sites for hydroxylation is 1. The molecule has 1 aromatic carbocycles. The summed E-state index contributed by atoms with van der Waals surface area (Å²) in [5.74, 6) is 0.671. The first kappa shape index (κ1) is 23.8. The summed E-state index contributed by atoms with van der Waals surface area (Å²) < 4.78 is 12.7. The maximum absolute atomic E-state index is 12.0. The topological polar surface area (TPSA) is 84.6 Å². The number of hydrogen-bond donors (Lipinski definition) is 2. The van der Waals surface area contributed by atoms with Crippen molar-refractivity contribution in [3.05, 3.63) is 102 Å². The van der Waals surface area contributed by atoms with Crippen molar-refractivity contribution in [1.29, 1.82) is 0 Å². The first-order valence-corrected chi connectivity index (χ1v) is 12.0. The van der Waals surface area contributed by atoms with Crippen LogP contribution in [0.4, 0.5) is 11.4 Å². The summed E-state index contributed by atoms with van der Waals surface area (Å²) in [6.07, 6.45) is 5.53. The van der Waals surface area contributed by atoms with E-state index in [4.69, 9.17) is 21.4 Å². The van der Waals surface area contributed by atoms with E-state index in [1.54, 1.807) is 12.5 Å². The van der Waals surface area contributed by atoms with Gasteiger partial charge in [0, 0.05) is 36.6 Å². The Labute approximate surface area is 214 Å². The number of benzene rings is 1. The van der Waals surface area contributed by atoms with Crippen molar-refractivity contribution < 1.29 is 13.9 Å². The van der Waals surface area contributed by atoms with E-state index in [1.807, 2.05) is 67.7 Å². The number of anilines is 2. The van der Waals surface area contributed by atoms with Crippen LogP contribution in [-0.4, -0.2) is 34.3 Å². The Bertz CT molecular complexity index is 1350. The zero-order valence-electron chi connectivity index (χ0n) is 20.0. The molecule has 1 saturated heterocycles. The molecule has 1 aliphatic rings. The van der Waals surface area contributed by atoms with Gasteiger partial charge in [0.25, 0.3) is 0 Å². The first-order chi connectivity index (χ1) is 17.5. The summed E-state index contributed by atoms with van der Waals surface area (Å²) in [7, 11) is 1.50. The molecule has 8 nitrogen and oxygen atoms in total. The van der Waals surface area contributed by atoms with E-state index in [9.17, 15) is 4.79 Å². The summed E-state index contributed by atoms with van der Waals surface area (Å²) in [6.45, 7) is 2.57. The lowest BCUT2D eigenvalue weighted by Crippen LogP contribution is -2.30. The molecular formula is C27H27N5O3S. The standard InChI is InChI=1S/C27H27N5O3S/c1-18-15-19(10-11-21(18)29-24(33)17-34-2)32-26(25(30-27(32)36)22-8-3-4-12-28-22)23-9-5-13-31(23)16-20-7-6-14-35-20/h3-15,25-26H,16-17H2,1-2H3,(H,29,33)(H,30,36). The predicted octanol–water partition coefficient (Wildman–Crippen LogP) is 4.59. The molecule has 0 radical (unpaired) electrons. The Morgan fingerprint density at radius 2 is 2.08 bits per heavy atom. The Balaban J connectivity index is 1.54. The molecule has 1 fully saturated rings.